The molecule has 0 spiro atoms. The zero-order chi connectivity index (χ0) is 20.2. The molecule has 0 amide bonds. The number of nitro groups is 1. The number of benzene rings is 2. The molecule has 0 aliphatic carbocycles. The van der Waals surface area contributed by atoms with Crippen LogP contribution in [0.25, 0.3) is 0 Å². The quantitative estimate of drug-likeness (QED) is 0.445. The van der Waals surface area contributed by atoms with Crippen molar-refractivity contribution in [3.8, 4) is 5.75 Å². The van der Waals surface area contributed by atoms with Gasteiger partial charge in [0.25, 0.3) is 5.69 Å². The summed E-state index contributed by atoms with van der Waals surface area (Å²) in [7, 11) is 1.47. The second-order valence-corrected chi connectivity index (χ2v) is 5.76. The summed E-state index contributed by atoms with van der Waals surface area (Å²) >= 11 is 0. The van der Waals surface area contributed by atoms with Gasteiger partial charge >= 0.3 is 6.18 Å². The number of alkyl halides is 3. The van der Waals surface area contributed by atoms with Gasteiger partial charge < -0.3 is 14.7 Å². The lowest BCUT2D eigenvalue weighted by molar-refractivity contribution is -0.384. The third-order valence-corrected chi connectivity index (χ3v) is 3.65. The first-order chi connectivity index (χ1) is 12.6. The van der Waals surface area contributed by atoms with Gasteiger partial charge in [-0.2, -0.15) is 13.2 Å². The van der Waals surface area contributed by atoms with E-state index in [1.54, 1.807) is 0 Å². The van der Waals surface area contributed by atoms with E-state index in [-0.39, 0.29) is 24.6 Å². The van der Waals surface area contributed by atoms with E-state index in [9.17, 15) is 32.8 Å². The number of likely N-dealkylation sites (N-methyl/N-ethyl adjacent to an activating group) is 1. The molecule has 146 valence electrons. The van der Waals surface area contributed by atoms with Gasteiger partial charge in [-0.3, -0.25) is 10.1 Å². The Morgan fingerprint density at radius 3 is 2.41 bits per heavy atom. The molecule has 0 saturated carbocycles. The van der Waals surface area contributed by atoms with E-state index in [1.807, 2.05) is 0 Å². The monoisotopic (exact) mass is 388 g/mol. The number of aliphatic hydroxyl groups is 1. The van der Waals surface area contributed by atoms with E-state index in [0.29, 0.717) is 0 Å². The molecule has 0 heterocycles. The standard InChI is InChI=1S/C17H16F4N2O4/c1-22(15-7-4-12(18)8-16(15)23(25)26)9-13(24)10-27-14-5-2-11(3-6-14)17(19,20)21/h2-8,13,24H,9-10H2,1H3. The zero-order valence-corrected chi connectivity index (χ0v) is 14.1. The first-order valence-electron chi connectivity index (χ1n) is 7.71. The second-order valence-electron chi connectivity index (χ2n) is 5.76. The third kappa shape index (κ3) is 5.55. The number of hydrogen-bond acceptors (Lipinski definition) is 5. The highest BCUT2D eigenvalue weighted by molar-refractivity contribution is 5.62. The molecule has 0 aromatic heterocycles. The number of ether oxygens (including phenoxy) is 1. The van der Waals surface area contributed by atoms with Crippen molar-refractivity contribution in [2.45, 2.75) is 12.3 Å². The Kier molecular flexibility index (Phi) is 6.21. The van der Waals surface area contributed by atoms with E-state index in [2.05, 4.69) is 0 Å². The summed E-state index contributed by atoms with van der Waals surface area (Å²) in [5.41, 5.74) is -1.16. The number of anilines is 1. The summed E-state index contributed by atoms with van der Waals surface area (Å²) in [5, 5.41) is 21.0. The molecule has 2 aromatic rings. The van der Waals surface area contributed by atoms with Crippen LogP contribution in [0.15, 0.2) is 42.5 Å². The number of aliphatic hydroxyl groups excluding tert-OH is 1. The molecule has 0 aliphatic rings. The minimum Gasteiger partial charge on any atom is -0.491 e. The molecular weight excluding hydrogens is 372 g/mol. The average molecular weight is 388 g/mol. The molecule has 0 fully saturated rings. The zero-order valence-electron chi connectivity index (χ0n) is 14.1. The Labute approximate surface area is 151 Å². The molecule has 0 bridgehead atoms. The summed E-state index contributed by atoms with van der Waals surface area (Å²) in [5.74, 6) is -0.623. The normalized spacial score (nSPS) is 12.5. The van der Waals surface area contributed by atoms with Crippen molar-refractivity contribution in [3.05, 3.63) is 64.0 Å². The molecule has 0 saturated heterocycles. The predicted molar refractivity (Wildman–Crippen MR) is 89.3 cm³/mol. The molecule has 2 rings (SSSR count). The van der Waals surface area contributed by atoms with Crippen LogP contribution < -0.4 is 9.64 Å². The van der Waals surface area contributed by atoms with E-state index in [4.69, 9.17) is 4.74 Å². The van der Waals surface area contributed by atoms with Gasteiger partial charge in [-0.05, 0) is 36.4 Å². The summed E-state index contributed by atoms with van der Waals surface area (Å²) < 4.78 is 55.9. The summed E-state index contributed by atoms with van der Waals surface area (Å²) in [6.45, 7) is -0.322. The smallest absolute Gasteiger partial charge is 0.416 e. The van der Waals surface area contributed by atoms with Crippen LogP contribution in [0.4, 0.5) is 28.9 Å². The molecule has 1 N–H and O–H groups in total. The Balaban J connectivity index is 1.96. The highest BCUT2D eigenvalue weighted by Gasteiger charge is 2.30. The third-order valence-electron chi connectivity index (χ3n) is 3.65. The minimum absolute atomic E-state index is 0.0763. The average Bonchev–Trinajstić information content (AvgIpc) is 2.59. The SMILES string of the molecule is CN(CC(O)COc1ccc(C(F)(F)F)cc1)c1ccc(F)cc1[N+](=O)[O-]. The van der Waals surface area contributed by atoms with Crippen LogP contribution in [-0.4, -0.2) is 36.3 Å². The van der Waals surface area contributed by atoms with Crippen molar-refractivity contribution in [2.75, 3.05) is 25.1 Å². The lowest BCUT2D eigenvalue weighted by Crippen LogP contribution is -2.33. The molecule has 1 atom stereocenters. The fourth-order valence-electron chi connectivity index (χ4n) is 2.37. The summed E-state index contributed by atoms with van der Waals surface area (Å²) in [6.07, 6.45) is -5.55. The molecule has 0 aliphatic heterocycles. The minimum atomic E-state index is -4.45. The lowest BCUT2D eigenvalue weighted by Gasteiger charge is -2.22. The van der Waals surface area contributed by atoms with Gasteiger partial charge in [0, 0.05) is 13.6 Å². The van der Waals surface area contributed by atoms with Gasteiger partial charge in [-0.25, -0.2) is 4.39 Å². The first-order valence-corrected chi connectivity index (χ1v) is 7.71. The van der Waals surface area contributed by atoms with Gasteiger partial charge in [0.2, 0.25) is 0 Å². The van der Waals surface area contributed by atoms with Gasteiger partial charge in [0.1, 0.15) is 30.0 Å². The number of rotatable bonds is 7. The van der Waals surface area contributed by atoms with Crippen LogP contribution in [0.1, 0.15) is 5.56 Å². The van der Waals surface area contributed by atoms with Crippen molar-refractivity contribution in [2.24, 2.45) is 0 Å². The van der Waals surface area contributed by atoms with Crippen LogP contribution in [0.5, 0.6) is 5.75 Å². The Bertz CT molecular complexity index is 797. The van der Waals surface area contributed by atoms with E-state index < -0.39 is 34.3 Å². The fourth-order valence-corrected chi connectivity index (χ4v) is 2.37. The number of hydrogen-bond donors (Lipinski definition) is 1. The van der Waals surface area contributed by atoms with Crippen molar-refractivity contribution in [1.29, 1.82) is 0 Å². The van der Waals surface area contributed by atoms with Gasteiger partial charge in [-0.15, -0.1) is 0 Å². The maximum atomic E-state index is 13.2. The largest absolute Gasteiger partial charge is 0.491 e. The molecule has 0 radical (unpaired) electrons. The van der Waals surface area contributed by atoms with E-state index >= 15 is 0 Å². The highest BCUT2D eigenvalue weighted by atomic mass is 19.4. The first kappa shape index (κ1) is 20.4. The Morgan fingerprint density at radius 1 is 1.22 bits per heavy atom. The molecule has 6 nitrogen and oxygen atoms in total. The van der Waals surface area contributed by atoms with Crippen LogP contribution in [0.3, 0.4) is 0 Å². The van der Waals surface area contributed by atoms with E-state index in [1.165, 1.54) is 18.0 Å². The summed E-state index contributed by atoms with van der Waals surface area (Å²) in [4.78, 5) is 11.6. The fraction of sp³-hybridized carbons (Fsp3) is 0.294. The molecule has 27 heavy (non-hydrogen) atoms. The van der Waals surface area contributed by atoms with Gasteiger partial charge in [0.15, 0.2) is 0 Å². The van der Waals surface area contributed by atoms with Crippen LogP contribution in [0, 0.1) is 15.9 Å². The summed E-state index contributed by atoms with van der Waals surface area (Å²) in [6, 6.07) is 7.03. The van der Waals surface area contributed by atoms with Crippen molar-refractivity contribution >= 4 is 11.4 Å². The van der Waals surface area contributed by atoms with Crippen molar-refractivity contribution in [1.82, 2.24) is 0 Å². The lowest BCUT2D eigenvalue weighted by atomic mass is 10.2. The van der Waals surface area contributed by atoms with E-state index in [0.717, 1.165) is 36.4 Å². The predicted octanol–water partition coefficient (Wildman–Crippen LogP) is 3.63. The maximum Gasteiger partial charge on any atom is 0.416 e. The number of nitrogens with zero attached hydrogens (tertiary/aromatic N) is 2. The number of nitro benzene ring substituents is 1. The topological polar surface area (TPSA) is 75.8 Å². The second kappa shape index (κ2) is 8.21. The van der Waals surface area contributed by atoms with Crippen molar-refractivity contribution in [3.63, 3.8) is 0 Å². The molecule has 10 heteroatoms. The molecule has 2 aromatic carbocycles. The number of halogens is 4. The molecule has 1 unspecified atom stereocenters. The van der Waals surface area contributed by atoms with Crippen LogP contribution in [0.2, 0.25) is 0 Å². The van der Waals surface area contributed by atoms with Gasteiger partial charge in [-0.1, -0.05) is 0 Å². The van der Waals surface area contributed by atoms with Crippen LogP contribution in [-0.2, 0) is 6.18 Å². The van der Waals surface area contributed by atoms with Crippen molar-refractivity contribution < 1.29 is 32.3 Å². The Morgan fingerprint density at radius 2 is 1.85 bits per heavy atom. The molecular formula is C17H16F4N2O4. The highest BCUT2D eigenvalue weighted by Crippen LogP contribution is 2.30. The maximum absolute atomic E-state index is 13.2. The van der Waals surface area contributed by atoms with Gasteiger partial charge in [0.05, 0.1) is 16.6 Å². The Hall–Kier alpha value is -2.88. The van der Waals surface area contributed by atoms with Crippen LogP contribution >= 0.6 is 0 Å².